The molecule has 63 heavy (non-hydrogen) atoms. The SMILES string of the molecule is NCCCC[C@H](NC(=O)[C@@H](Cc1ccccc1)NS(=O)(=O)N(Cc1ccc(F)cc1)NC(=O)[C@H](N)NC(=O)[C@@H](Cc1c[nH]c2ccccc12)NC(=O)[C@@H](N)Cc1cnc[nH]1)C(N)=O. The smallest absolute Gasteiger partial charge is 0.297 e. The first kappa shape index (κ1) is 47.5. The molecule has 2 heterocycles. The number of hydrogen-bond acceptors (Lipinski definition) is 11. The molecule has 20 nitrogen and oxygen atoms in total. The van der Waals surface area contributed by atoms with E-state index in [1.54, 1.807) is 42.6 Å². The number of halogens is 1. The maximum absolute atomic E-state index is 14.3. The molecule has 2 aromatic heterocycles. The summed E-state index contributed by atoms with van der Waals surface area (Å²) in [5, 5.41) is 8.26. The summed E-state index contributed by atoms with van der Waals surface area (Å²) < 4.78 is 45.1. The van der Waals surface area contributed by atoms with Crippen LogP contribution in [0, 0.1) is 5.82 Å². The van der Waals surface area contributed by atoms with Crippen molar-refractivity contribution in [2.45, 2.75) is 75.4 Å². The number of hydrazine groups is 1. The van der Waals surface area contributed by atoms with Crippen LogP contribution in [0.1, 0.15) is 41.6 Å². The van der Waals surface area contributed by atoms with E-state index < -0.39 is 82.4 Å². The summed E-state index contributed by atoms with van der Waals surface area (Å²) in [6, 6.07) is 15.2. The molecule has 0 saturated carbocycles. The quantitative estimate of drug-likeness (QED) is 0.0205. The molecule has 5 atom stereocenters. The van der Waals surface area contributed by atoms with E-state index in [9.17, 15) is 36.8 Å². The van der Waals surface area contributed by atoms with Gasteiger partial charge in [0, 0.05) is 41.8 Å². The maximum Gasteiger partial charge on any atom is 0.297 e. The molecule has 0 unspecified atom stereocenters. The summed E-state index contributed by atoms with van der Waals surface area (Å²) in [4.78, 5) is 76.9. The van der Waals surface area contributed by atoms with E-state index >= 15 is 0 Å². The number of amides is 5. The van der Waals surface area contributed by atoms with Gasteiger partial charge in [-0.3, -0.25) is 29.4 Å². The highest BCUT2D eigenvalue weighted by molar-refractivity contribution is 7.87. The van der Waals surface area contributed by atoms with Crippen LogP contribution < -0.4 is 49.0 Å². The Morgan fingerprint density at radius 1 is 0.746 bits per heavy atom. The number of H-pyrrole nitrogens is 2. The number of nitrogens with two attached hydrogens (primary N) is 4. The van der Waals surface area contributed by atoms with Gasteiger partial charge in [0.15, 0.2) is 6.17 Å². The van der Waals surface area contributed by atoms with Crippen LogP contribution in [-0.2, 0) is 60.0 Å². The molecule has 0 saturated heterocycles. The third-order valence-corrected chi connectivity index (χ3v) is 11.3. The molecule has 5 aromatic rings. The fourth-order valence-electron chi connectivity index (χ4n) is 6.52. The molecule has 0 bridgehead atoms. The van der Waals surface area contributed by atoms with Crippen molar-refractivity contribution in [1.82, 2.24) is 45.5 Å². The topological polar surface area (TPSA) is 331 Å². The Hall–Kier alpha value is -6.56. The van der Waals surface area contributed by atoms with Gasteiger partial charge in [0.05, 0.1) is 18.9 Å². The highest BCUT2D eigenvalue weighted by Crippen LogP contribution is 2.20. The first-order chi connectivity index (χ1) is 30.1. The lowest BCUT2D eigenvalue weighted by Gasteiger charge is -2.28. The minimum atomic E-state index is -4.93. The Morgan fingerprint density at radius 3 is 2.11 bits per heavy atom. The zero-order chi connectivity index (χ0) is 45.5. The van der Waals surface area contributed by atoms with Gasteiger partial charge in [-0.15, -0.1) is 0 Å². The lowest BCUT2D eigenvalue weighted by Crippen LogP contribution is -2.63. The maximum atomic E-state index is 14.3. The number of benzene rings is 3. The van der Waals surface area contributed by atoms with Crippen molar-refractivity contribution in [3.8, 4) is 0 Å². The number of carbonyl (C=O) groups excluding carboxylic acids is 5. The summed E-state index contributed by atoms with van der Waals surface area (Å²) in [6.07, 6.45) is 3.59. The average molecular weight is 890 g/mol. The molecule has 0 spiro atoms. The number of nitrogens with zero attached hydrogens (tertiary/aromatic N) is 2. The Morgan fingerprint density at radius 2 is 1.43 bits per heavy atom. The van der Waals surface area contributed by atoms with E-state index in [1.165, 1.54) is 24.7 Å². The minimum Gasteiger partial charge on any atom is -0.368 e. The fourth-order valence-corrected chi connectivity index (χ4v) is 7.72. The molecule has 5 rings (SSSR count). The van der Waals surface area contributed by atoms with E-state index in [-0.39, 0.29) is 31.2 Å². The van der Waals surface area contributed by atoms with Gasteiger partial charge >= 0.3 is 0 Å². The van der Waals surface area contributed by atoms with E-state index in [0.717, 1.165) is 23.0 Å². The van der Waals surface area contributed by atoms with Crippen LogP contribution in [0.5, 0.6) is 0 Å². The molecule has 0 aliphatic carbocycles. The van der Waals surface area contributed by atoms with Gasteiger partial charge in [0.1, 0.15) is 23.9 Å². The number of para-hydroxylation sites is 1. The number of aromatic nitrogens is 3. The van der Waals surface area contributed by atoms with Crippen LogP contribution in [-0.4, -0.2) is 94.2 Å². The number of unbranched alkanes of at least 4 members (excludes halogenated alkanes) is 1. The Bertz CT molecular complexity index is 2420. The van der Waals surface area contributed by atoms with Crippen LogP contribution in [0.3, 0.4) is 0 Å². The largest absolute Gasteiger partial charge is 0.368 e. The van der Waals surface area contributed by atoms with Gasteiger partial charge in [-0.2, -0.15) is 13.1 Å². The molecule has 5 amide bonds. The molecule has 3 aromatic carbocycles. The van der Waals surface area contributed by atoms with Gasteiger partial charge in [-0.25, -0.2) is 9.37 Å². The second kappa shape index (κ2) is 22.5. The molecule has 0 aliphatic heterocycles. The van der Waals surface area contributed by atoms with E-state index in [1.807, 2.05) is 18.2 Å². The third kappa shape index (κ3) is 14.0. The molecule has 0 fully saturated rings. The minimum absolute atomic E-state index is 0.0654. The van der Waals surface area contributed by atoms with Gasteiger partial charge in [-0.1, -0.05) is 65.1 Å². The third-order valence-electron chi connectivity index (χ3n) is 9.91. The number of fused-ring (bicyclic) bond motifs is 1. The highest BCUT2D eigenvalue weighted by atomic mass is 32.2. The Balaban J connectivity index is 1.37. The number of primary amides is 1. The molecular formula is C41H52FN13O7S. The molecular weight excluding hydrogens is 838 g/mol. The normalized spacial score (nSPS) is 14.0. The first-order valence-corrected chi connectivity index (χ1v) is 21.4. The van der Waals surface area contributed by atoms with Crippen LogP contribution in [0.2, 0.25) is 0 Å². The second-order valence-corrected chi connectivity index (χ2v) is 16.3. The summed E-state index contributed by atoms with van der Waals surface area (Å²) in [5.41, 5.74) is 28.4. The Labute approximate surface area is 362 Å². The second-order valence-electron chi connectivity index (χ2n) is 14.7. The van der Waals surface area contributed by atoms with Crippen LogP contribution in [0.25, 0.3) is 10.9 Å². The number of imidazole rings is 1. The summed E-state index contributed by atoms with van der Waals surface area (Å²) in [6.45, 7) is -0.277. The number of rotatable bonds is 24. The van der Waals surface area contributed by atoms with Crippen molar-refractivity contribution in [3.05, 3.63) is 126 Å². The first-order valence-electron chi connectivity index (χ1n) is 20.0. The van der Waals surface area contributed by atoms with Gasteiger partial charge < -0.3 is 48.9 Å². The van der Waals surface area contributed by atoms with Gasteiger partial charge in [0.25, 0.3) is 16.1 Å². The summed E-state index contributed by atoms with van der Waals surface area (Å²) >= 11 is 0. The van der Waals surface area contributed by atoms with Crippen LogP contribution >= 0.6 is 0 Å². The number of hydrogen-bond donors (Lipinski definition) is 11. The van der Waals surface area contributed by atoms with Gasteiger partial charge in [-0.05, 0) is 67.1 Å². The standard InChI is InChI=1S/C41H52FN13O7S/c42-28-15-13-26(14-16-28)23-55(63(61,62)54-35(18-25-8-2-1-3-9-25)40(59)50-33(37(46)56)12-6-7-17-43)53-41(60)36(45)52-39(58)34(19-27-21-48-32-11-5-4-10-30(27)32)51-38(57)31(44)20-29-22-47-24-49-29/h1-5,8-11,13-16,21-22,24,31,33-36,48,54H,6-7,12,17-20,23,43-45H2,(H2,46,56)(H,47,49)(H,50,59)(H,51,57)(H,52,58)(H,53,60)/t31-,33-,34+,35+,36+/m0/s1. The Kier molecular flexibility index (Phi) is 17.0. The summed E-state index contributed by atoms with van der Waals surface area (Å²) in [5.74, 6) is -5.21. The number of aromatic amines is 2. The lowest BCUT2D eigenvalue weighted by atomic mass is 10.0. The van der Waals surface area contributed by atoms with Gasteiger partial charge in [0.2, 0.25) is 23.6 Å². The molecule has 336 valence electrons. The lowest BCUT2D eigenvalue weighted by molar-refractivity contribution is -0.133. The van der Waals surface area contributed by atoms with Crippen molar-refractivity contribution >= 4 is 50.6 Å². The summed E-state index contributed by atoms with van der Waals surface area (Å²) in [7, 11) is -4.93. The fraction of sp³-hybridized carbons (Fsp3) is 0.317. The molecule has 22 heteroatoms. The molecule has 0 aliphatic rings. The van der Waals surface area contributed by atoms with E-state index in [4.69, 9.17) is 22.9 Å². The van der Waals surface area contributed by atoms with Crippen molar-refractivity contribution in [1.29, 1.82) is 0 Å². The van der Waals surface area contributed by atoms with E-state index in [2.05, 4.69) is 41.1 Å². The monoisotopic (exact) mass is 889 g/mol. The average Bonchev–Trinajstić information content (AvgIpc) is 3.93. The zero-order valence-corrected chi connectivity index (χ0v) is 34.9. The highest BCUT2D eigenvalue weighted by Gasteiger charge is 2.34. The number of carbonyl (C=O) groups is 5. The van der Waals surface area contributed by atoms with Crippen molar-refractivity contribution < 1.29 is 36.8 Å². The predicted molar refractivity (Wildman–Crippen MR) is 230 cm³/mol. The van der Waals surface area contributed by atoms with Crippen LogP contribution in [0.4, 0.5) is 4.39 Å². The molecule has 0 radical (unpaired) electrons. The van der Waals surface area contributed by atoms with Crippen molar-refractivity contribution in [2.24, 2.45) is 22.9 Å². The van der Waals surface area contributed by atoms with Crippen LogP contribution in [0.15, 0.2) is 97.6 Å². The number of nitrogens with one attached hydrogen (secondary N) is 7. The van der Waals surface area contributed by atoms with E-state index in [0.29, 0.717) is 40.6 Å². The molecule has 15 N–H and O–H groups in total. The predicted octanol–water partition coefficient (Wildman–Crippen LogP) is -0.893. The van der Waals surface area contributed by atoms with Crippen molar-refractivity contribution in [2.75, 3.05) is 6.54 Å². The van der Waals surface area contributed by atoms with Crippen molar-refractivity contribution in [3.63, 3.8) is 0 Å². The zero-order valence-electron chi connectivity index (χ0n) is 34.1.